The van der Waals surface area contributed by atoms with E-state index in [9.17, 15) is 22.4 Å². The molecular formula is C13H7F4NO2S. The number of halogens is 4. The second-order valence-electron chi connectivity index (χ2n) is 3.91. The average Bonchev–Trinajstić information content (AvgIpc) is 2.40. The van der Waals surface area contributed by atoms with Gasteiger partial charge in [0.15, 0.2) is 0 Å². The Morgan fingerprint density at radius 2 is 1.90 bits per heavy atom. The molecule has 1 N–H and O–H groups in total. The average molecular weight is 317 g/mol. The number of nitrogens with zero attached hydrogens (tertiary/aromatic N) is 1. The van der Waals surface area contributed by atoms with Crippen molar-refractivity contribution >= 4 is 17.7 Å². The standard InChI is InChI=1S/C13H7F4NO2S/c14-9-3-1-2-8(12(19)20)11(9)21-10-5-4-7(6-18-10)13(15,16)17/h1-6H,(H,19,20). The third-order valence-corrected chi connectivity index (χ3v) is 3.54. The fourth-order valence-electron chi connectivity index (χ4n) is 1.49. The van der Waals surface area contributed by atoms with Gasteiger partial charge in [-0.15, -0.1) is 0 Å². The number of alkyl halides is 3. The number of carbonyl (C=O) groups is 1. The van der Waals surface area contributed by atoms with Crippen LogP contribution in [-0.4, -0.2) is 16.1 Å². The molecule has 0 saturated heterocycles. The molecule has 0 radical (unpaired) electrons. The zero-order valence-electron chi connectivity index (χ0n) is 10.2. The highest BCUT2D eigenvalue weighted by Crippen LogP contribution is 2.34. The van der Waals surface area contributed by atoms with E-state index in [0.717, 1.165) is 18.2 Å². The van der Waals surface area contributed by atoms with E-state index < -0.39 is 23.5 Å². The Hall–Kier alpha value is -2.09. The maximum absolute atomic E-state index is 13.7. The summed E-state index contributed by atoms with van der Waals surface area (Å²) in [5.41, 5.74) is -1.21. The van der Waals surface area contributed by atoms with Gasteiger partial charge in [0, 0.05) is 6.20 Å². The molecule has 0 fully saturated rings. The monoisotopic (exact) mass is 317 g/mol. The Balaban J connectivity index is 2.33. The normalized spacial score (nSPS) is 11.4. The molecule has 110 valence electrons. The summed E-state index contributed by atoms with van der Waals surface area (Å²) in [6, 6.07) is 5.38. The fourth-order valence-corrected chi connectivity index (χ4v) is 2.38. The predicted octanol–water partition coefficient (Wildman–Crippen LogP) is 4.09. The number of carboxylic acids is 1. The van der Waals surface area contributed by atoms with Crippen LogP contribution in [0.4, 0.5) is 17.6 Å². The zero-order valence-corrected chi connectivity index (χ0v) is 11.0. The van der Waals surface area contributed by atoms with Crippen LogP contribution >= 0.6 is 11.8 Å². The maximum atomic E-state index is 13.7. The van der Waals surface area contributed by atoms with Crippen molar-refractivity contribution in [1.82, 2.24) is 4.98 Å². The van der Waals surface area contributed by atoms with E-state index in [1.165, 1.54) is 12.1 Å². The van der Waals surface area contributed by atoms with Crippen LogP contribution in [0, 0.1) is 5.82 Å². The quantitative estimate of drug-likeness (QED) is 0.866. The lowest BCUT2D eigenvalue weighted by Gasteiger charge is -2.08. The number of hydrogen-bond acceptors (Lipinski definition) is 3. The molecule has 2 rings (SSSR count). The molecule has 0 saturated carbocycles. The molecule has 0 spiro atoms. The second kappa shape index (κ2) is 5.72. The van der Waals surface area contributed by atoms with Crippen molar-refractivity contribution in [1.29, 1.82) is 0 Å². The molecule has 0 aliphatic carbocycles. The maximum Gasteiger partial charge on any atom is 0.417 e. The van der Waals surface area contributed by atoms with Gasteiger partial charge in [-0.3, -0.25) is 0 Å². The van der Waals surface area contributed by atoms with Crippen LogP contribution in [0.1, 0.15) is 15.9 Å². The summed E-state index contributed by atoms with van der Waals surface area (Å²) < 4.78 is 50.9. The highest BCUT2D eigenvalue weighted by atomic mass is 32.2. The summed E-state index contributed by atoms with van der Waals surface area (Å²) in [7, 11) is 0. The lowest BCUT2D eigenvalue weighted by atomic mass is 10.2. The van der Waals surface area contributed by atoms with Gasteiger partial charge in [-0.2, -0.15) is 13.2 Å². The van der Waals surface area contributed by atoms with Gasteiger partial charge in [0.2, 0.25) is 0 Å². The lowest BCUT2D eigenvalue weighted by Crippen LogP contribution is -2.05. The number of aromatic nitrogens is 1. The molecule has 21 heavy (non-hydrogen) atoms. The molecule has 0 aliphatic heterocycles. The molecule has 0 amide bonds. The molecule has 0 aliphatic rings. The summed E-state index contributed by atoms with van der Waals surface area (Å²) in [5, 5.41) is 9.04. The minimum absolute atomic E-state index is 0.0654. The first-order valence-electron chi connectivity index (χ1n) is 5.52. The van der Waals surface area contributed by atoms with Crippen molar-refractivity contribution < 1.29 is 27.5 Å². The van der Waals surface area contributed by atoms with Crippen molar-refractivity contribution in [3.63, 3.8) is 0 Å². The molecule has 0 atom stereocenters. The number of hydrogen-bond donors (Lipinski definition) is 1. The summed E-state index contributed by atoms with van der Waals surface area (Å²) >= 11 is 0.654. The number of pyridine rings is 1. The van der Waals surface area contributed by atoms with Crippen LogP contribution in [0.3, 0.4) is 0 Å². The van der Waals surface area contributed by atoms with E-state index in [0.29, 0.717) is 18.0 Å². The van der Waals surface area contributed by atoms with Crippen LogP contribution < -0.4 is 0 Å². The van der Waals surface area contributed by atoms with Gasteiger partial charge >= 0.3 is 12.1 Å². The summed E-state index contributed by atoms with van der Waals surface area (Å²) in [6.45, 7) is 0. The lowest BCUT2D eigenvalue weighted by molar-refractivity contribution is -0.137. The zero-order chi connectivity index (χ0) is 15.6. The smallest absolute Gasteiger partial charge is 0.417 e. The van der Waals surface area contributed by atoms with E-state index >= 15 is 0 Å². The Kier molecular flexibility index (Phi) is 4.17. The van der Waals surface area contributed by atoms with E-state index in [-0.39, 0.29) is 15.5 Å². The number of benzene rings is 1. The molecule has 1 aromatic carbocycles. The largest absolute Gasteiger partial charge is 0.478 e. The van der Waals surface area contributed by atoms with Crippen LogP contribution in [0.2, 0.25) is 0 Å². The molecular weight excluding hydrogens is 310 g/mol. The Labute approximate surface area is 120 Å². The number of aromatic carboxylic acids is 1. The highest BCUT2D eigenvalue weighted by Gasteiger charge is 2.30. The van der Waals surface area contributed by atoms with Gasteiger partial charge in [0.05, 0.1) is 16.0 Å². The first kappa shape index (κ1) is 15.3. The van der Waals surface area contributed by atoms with Crippen molar-refractivity contribution in [3.8, 4) is 0 Å². The van der Waals surface area contributed by atoms with Gasteiger partial charge in [-0.05, 0) is 24.3 Å². The Morgan fingerprint density at radius 3 is 2.43 bits per heavy atom. The Bertz CT molecular complexity index is 671. The summed E-state index contributed by atoms with van der Waals surface area (Å²) in [4.78, 5) is 14.4. The van der Waals surface area contributed by atoms with Crippen LogP contribution in [-0.2, 0) is 6.18 Å². The molecule has 1 heterocycles. The van der Waals surface area contributed by atoms with E-state index in [2.05, 4.69) is 4.98 Å². The van der Waals surface area contributed by atoms with Crippen LogP contribution in [0.5, 0.6) is 0 Å². The van der Waals surface area contributed by atoms with Gasteiger partial charge in [0.25, 0.3) is 0 Å². The van der Waals surface area contributed by atoms with Crippen molar-refractivity contribution in [2.24, 2.45) is 0 Å². The molecule has 8 heteroatoms. The Morgan fingerprint density at radius 1 is 1.19 bits per heavy atom. The van der Waals surface area contributed by atoms with Crippen molar-refractivity contribution in [3.05, 3.63) is 53.5 Å². The molecule has 1 aromatic heterocycles. The van der Waals surface area contributed by atoms with Gasteiger partial charge < -0.3 is 5.11 Å². The van der Waals surface area contributed by atoms with Gasteiger partial charge in [-0.25, -0.2) is 14.2 Å². The van der Waals surface area contributed by atoms with Crippen LogP contribution in [0.15, 0.2) is 46.5 Å². The highest BCUT2D eigenvalue weighted by molar-refractivity contribution is 7.99. The third-order valence-electron chi connectivity index (χ3n) is 2.47. The SMILES string of the molecule is O=C(O)c1cccc(F)c1Sc1ccc(C(F)(F)F)cn1. The topological polar surface area (TPSA) is 50.2 Å². The second-order valence-corrected chi connectivity index (χ2v) is 4.94. The molecule has 3 nitrogen and oxygen atoms in total. The van der Waals surface area contributed by atoms with Gasteiger partial charge in [0.1, 0.15) is 10.8 Å². The van der Waals surface area contributed by atoms with Gasteiger partial charge in [-0.1, -0.05) is 17.8 Å². The number of carboxylic acid groups (broad SMARTS) is 1. The molecule has 0 bridgehead atoms. The van der Waals surface area contributed by atoms with E-state index in [1.807, 2.05) is 0 Å². The van der Waals surface area contributed by atoms with Crippen molar-refractivity contribution in [2.45, 2.75) is 16.1 Å². The van der Waals surface area contributed by atoms with E-state index in [1.54, 1.807) is 0 Å². The fraction of sp³-hybridized carbons (Fsp3) is 0.0769. The minimum Gasteiger partial charge on any atom is -0.478 e. The predicted molar refractivity (Wildman–Crippen MR) is 66.7 cm³/mol. The first-order valence-corrected chi connectivity index (χ1v) is 6.33. The number of rotatable bonds is 3. The van der Waals surface area contributed by atoms with E-state index in [4.69, 9.17) is 5.11 Å². The van der Waals surface area contributed by atoms with Crippen molar-refractivity contribution in [2.75, 3.05) is 0 Å². The molecule has 0 unspecified atom stereocenters. The summed E-state index contributed by atoms with van der Waals surface area (Å²) in [5.74, 6) is -2.11. The summed E-state index contributed by atoms with van der Waals surface area (Å²) in [6.07, 6.45) is -3.90. The third kappa shape index (κ3) is 3.52. The first-order chi connectivity index (χ1) is 9.79. The minimum atomic E-state index is -4.51. The molecule has 2 aromatic rings. The van der Waals surface area contributed by atoms with Crippen LogP contribution in [0.25, 0.3) is 0 Å².